The number of carbonyl (C=O) groups excluding carboxylic acids is 1. The number of nitrogens with zero attached hydrogens (tertiary/aromatic N) is 1. The molecule has 0 saturated carbocycles. The topological polar surface area (TPSA) is 33.5 Å². The first-order chi connectivity index (χ1) is 7.54. The van der Waals surface area contributed by atoms with Crippen LogP contribution in [-0.4, -0.2) is 24.3 Å². The SMILES string of the molecule is CCC(C)C(=O)CN(C)Cc1ccoc1C. The first-order valence-corrected chi connectivity index (χ1v) is 5.78. The fourth-order valence-electron chi connectivity index (χ4n) is 1.57. The van der Waals surface area contributed by atoms with Gasteiger partial charge < -0.3 is 4.42 Å². The van der Waals surface area contributed by atoms with E-state index in [-0.39, 0.29) is 5.92 Å². The Morgan fingerprint density at radius 3 is 2.75 bits per heavy atom. The Hall–Kier alpha value is -1.09. The Labute approximate surface area is 97.4 Å². The molecule has 1 atom stereocenters. The molecule has 1 heterocycles. The lowest BCUT2D eigenvalue weighted by atomic mass is 10.0. The van der Waals surface area contributed by atoms with Crippen LogP contribution in [0.1, 0.15) is 31.6 Å². The van der Waals surface area contributed by atoms with Gasteiger partial charge in [0.15, 0.2) is 0 Å². The van der Waals surface area contributed by atoms with Crippen LogP contribution in [0.2, 0.25) is 0 Å². The molecule has 0 aliphatic carbocycles. The first-order valence-electron chi connectivity index (χ1n) is 5.78. The van der Waals surface area contributed by atoms with Crippen molar-refractivity contribution in [3.05, 3.63) is 23.7 Å². The van der Waals surface area contributed by atoms with Gasteiger partial charge >= 0.3 is 0 Å². The number of furan rings is 1. The molecule has 1 rings (SSSR count). The van der Waals surface area contributed by atoms with Gasteiger partial charge in [-0.3, -0.25) is 9.69 Å². The molecular weight excluding hydrogens is 202 g/mol. The van der Waals surface area contributed by atoms with Crippen LogP contribution >= 0.6 is 0 Å². The fourth-order valence-corrected chi connectivity index (χ4v) is 1.57. The molecule has 0 N–H and O–H groups in total. The van der Waals surface area contributed by atoms with Gasteiger partial charge in [-0.2, -0.15) is 0 Å². The van der Waals surface area contributed by atoms with Gasteiger partial charge in [0.2, 0.25) is 0 Å². The summed E-state index contributed by atoms with van der Waals surface area (Å²) in [6.07, 6.45) is 2.60. The highest BCUT2D eigenvalue weighted by Crippen LogP contribution is 2.11. The highest BCUT2D eigenvalue weighted by Gasteiger charge is 2.14. The number of carbonyl (C=O) groups is 1. The van der Waals surface area contributed by atoms with E-state index in [1.54, 1.807) is 6.26 Å². The lowest BCUT2D eigenvalue weighted by Gasteiger charge is -2.17. The third kappa shape index (κ3) is 3.49. The van der Waals surface area contributed by atoms with Gasteiger partial charge in [-0.1, -0.05) is 13.8 Å². The standard InChI is InChI=1S/C13H21NO2/c1-5-10(2)13(15)9-14(4)8-12-6-7-16-11(12)3/h6-7,10H,5,8-9H2,1-4H3. The summed E-state index contributed by atoms with van der Waals surface area (Å²) in [5.41, 5.74) is 1.15. The molecule has 1 unspecified atom stereocenters. The van der Waals surface area contributed by atoms with Crippen LogP contribution < -0.4 is 0 Å². The average molecular weight is 223 g/mol. The third-order valence-corrected chi connectivity index (χ3v) is 2.99. The van der Waals surface area contributed by atoms with Crippen LogP contribution in [0.4, 0.5) is 0 Å². The molecule has 0 saturated heterocycles. The molecular formula is C13H21NO2. The zero-order valence-corrected chi connectivity index (χ0v) is 10.6. The zero-order valence-electron chi connectivity index (χ0n) is 10.6. The number of aryl methyl sites for hydroxylation is 1. The molecule has 0 spiro atoms. The third-order valence-electron chi connectivity index (χ3n) is 2.99. The molecule has 1 aromatic heterocycles. The predicted octanol–water partition coefficient (Wildman–Crippen LogP) is 2.64. The number of hydrogen-bond donors (Lipinski definition) is 0. The van der Waals surface area contributed by atoms with E-state index < -0.39 is 0 Å². The van der Waals surface area contributed by atoms with Crippen LogP contribution in [-0.2, 0) is 11.3 Å². The summed E-state index contributed by atoms with van der Waals surface area (Å²) >= 11 is 0. The summed E-state index contributed by atoms with van der Waals surface area (Å²) in [5, 5.41) is 0. The zero-order chi connectivity index (χ0) is 12.1. The molecule has 90 valence electrons. The summed E-state index contributed by atoms with van der Waals surface area (Å²) in [4.78, 5) is 13.8. The quantitative estimate of drug-likeness (QED) is 0.743. The van der Waals surface area contributed by atoms with E-state index in [0.717, 1.165) is 24.3 Å². The number of Topliss-reactive ketones (excluding diaryl/α,β-unsaturated/α-hetero) is 1. The minimum atomic E-state index is 0.160. The summed E-state index contributed by atoms with van der Waals surface area (Å²) in [7, 11) is 1.96. The van der Waals surface area contributed by atoms with E-state index in [1.165, 1.54) is 0 Å². The smallest absolute Gasteiger partial charge is 0.149 e. The monoisotopic (exact) mass is 223 g/mol. The maximum atomic E-state index is 11.7. The van der Waals surface area contributed by atoms with Gasteiger partial charge in [0.05, 0.1) is 12.8 Å². The Morgan fingerprint density at radius 2 is 2.25 bits per heavy atom. The van der Waals surface area contributed by atoms with Crippen molar-refractivity contribution < 1.29 is 9.21 Å². The molecule has 0 aliphatic rings. The van der Waals surface area contributed by atoms with E-state index in [2.05, 4.69) is 0 Å². The fraction of sp³-hybridized carbons (Fsp3) is 0.615. The lowest BCUT2D eigenvalue weighted by Crippen LogP contribution is -2.28. The van der Waals surface area contributed by atoms with Crippen LogP contribution in [0.5, 0.6) is 0 Å². The minimum Gasteiger partial charge on any atom is -0.469 e. The van der Waals surface area contributed by atoms with Gasteiger partial charge in [-0.05, 0) is 26.5 Å². The van der Waals surface area contributed by atoms with Crippen molar-refractivity contribution in [3.63, 3.8) is 0 Å². The minimum absolute atomic E-state index is 0.160. The van der Waals surface area contributed by atoms with E-state index >= 15 is 0 Å². The normalized spacial score (nSPS) is 13.1. The second kappa shape index (κ2) is 5.85. The Balaban J connectivity index is 2.45. The second-order valence-electron chi connectivity index (χ2n) is 4.45. The first kappa shape index (κ1) is 13.0. The van der Waals surface area contributed by atoms with Gasteiger partial charge in [0.1, 0.15) is 11.5 Å². The molecule has 0 radical (unpaired) electrons. The van der Waals surface area contributed by atoms with Crippen molar-refractivity contribution in [3.8, 4) is 0 Å². The second-order valence-corrected chi connectivity index (χ2v) is 4.45. The lowest BCUT2D eigenvalue weighted by molar-refractivity contribution is -0.123. The summed E-state index contributed by atoms with van der Waals surface area (Å²) in [6.45, 7) is 7.26. The molecule has 3 heteroatoms. The number of likely N-dealkylation sites (N-methyl/N-ethyl adjacent to an activating group) is 1. The van der Waals surface area contributed by atoms with Crippen LogP contribution in [0.25, 0.3) is 0 Å². The van der Waals surface area contributed by atoms with Crippen molar-refractivity contribution in [2.24, 2.45) is 5.92 Å². The Kier molecular flexibility index (Phi) is 4.74. The van der Waals surface area contributed by atoms with Gasteiger partial charge in [-0.25, -0.2) is 0 Å². The largest absolute Gasteiger partial charge is 0.469 e. The van der Waals surface area contributed by atoms with Crippen molar-refractivity contribution in [2.45, 2.75) is 33.7 Å². The van der Waals surface area contributed by atoms with Gasteiger partial charge in [0, 0.05) is 18.0 Å². The van der Waals surface area contributed by atoms with Gasteiger partial charge in [-0.15, -0.1) is 0 Å². The Morgan fingerprint density at radius 1 is 1.56 bits per heavy atom. The molecule has 0 aromatic carbocycles. The van der Waals surface area contributed by atoms with Crippen molar-refractivity contribution in [2.75, 3.05) is 13.6 Å². The van der Waals surface area contributed by atoms with Crippen LogP contribution in [0, 0.1) is 12.8 Å². The molecule has 0 aliphatic heterocycles. The molecule has 0 amide bonds. The van der Waals surface area contributed by atoms with Crippen molar-refractivity contribution in [1.29, 1.82) is 0 Å². The van der Waals surface area contributed by atoms with Crippen LogP contribution in [0.15, 0.2) is 16.7 Å². The summed E-state index contributed by atoms with van der Waals surface area (Å²) in [6, 6.07) is 1.96. The van der Waals surface area contributed by atoms with E-state index in [1.807, 2.05) is 38.8 Å². The highest BCUT2D eigenvalue weighted by molar-refractivity contribution is 5.82. The van der Waals surface area contributed by atoms with E-state index in [0.29, 0.717) is 12.3 Å². The highest BCUT2D eigenvalue weighted by atomic mass is 16.3. The molecule has 16 heavy (non-hydrogen) atoms. The number of hydrogen-bond acceptors (Lipinski definition) is 3. The van der Waals surface area contributed by atoms with Crippen LogP contribution in [0.3, 0.4) is 0 Å². The van der Waals surface area contributed by atoms with E-state index in [4.69, 9.17) is 4.42 Å². The average Bonchev–Trinajstić information content (AvgIpc) is 2.63. The number of ketones is 1. The molecule has 0 bridgehead atoms. The molecule has 1 aromatic rings. The molecule has 3 nitrogen and oxygen atoms in total. The van der Waals surface area contributed by atoms with Crippen molar-refractivity contribution in [1.82, 2.24) is 4.90 Å². The summed E-state index contributed by atoms with van der Waals surface area (Å²) < 4.78 is 5.23. The van der Waals surface area contributed by atoms with Crippen molar-refractivity contribution >= 4 is 5.78 Å². The molecule has 0 fully saturated rings. The Bertz CT molecular complexity index is 343. The summed E-state index contributed by atoms with van der Waals surface area (Å²) in [5.74, 6) is 1.40. The number of rotatable bonds is 6. The maximum absolute atomic E-state index is 11.7. The van der Waals surface area contributed by atoms with Gasteiger partial charge in [0.25, 0.3) is 0 Å². The maximum Gasteiger partial charge on any atom is 0.149 e. The van der Waals surface area contributed by atoms with E-state index in [9.17, 15) is 4.79 Å². The predicted molar refractivity (Wildman–Crippen MR) is 64.2 cm³/mol.